The van der Waals surface area contributed by atoms with Gasteiger partial charge in [0.25, 0.3) is 0 Å². The van der Waals surface area contributed by atoms with E-state index in [-0.39, 0.29) is 18.0 Å². The van der Waals surface area contributed by atoms with Crippen molar-refractivity contribution >= 4 is 17.6 Å². The van der Waals surface area contributed by atoms with Gasteiger partial charge >= 0.3 is 6.03 Å². The SMILES string of the molecule is CC(N)c1ccc(NC(=O)NC2CCCNC2=O)cc1. The topological polar surface area (TPSA) is 96.2 Å². The largest absolute Gasteiger partial charge is 0.354 e. The van der Waals surface area contributed by atoms with Gasteiger partial charge in [-0.3, -0.25) is 4.79 Å². The van der Waals surface area contributed by atoms with Crippen LogP contribution in [0, 0.1) is 0 Å². The van der Waals surface area contributed by atoms with Gasteiger partial charge in [-0.15, -0.1) is 0 Å². The summed E-state index contributed by atoms with van der Waals surface area (Å²) in [6.45, 7) is 2.58. The molecule has 6 heteroatoms. The highest BCUT2D eigenvalue weighted by Crippen LogP contribution is 2.14. The molecule has 3 amide bonds. The smallest absolute Gasteiger partial charge is 0.319 e. The lowest BCUT2D eigenvalue weighted by Crippen LogP contribution is -2.51. The molecule has 0 aromatic heterocycles. The summed E-state index contributed by atoms with van der Waals surface area (Å²) in [6.07, 6.45) is 1.54. The number of anilines is 1. The van der Waals surface area contributed by atoms with E-state index in [0.717, 1.165) is 12.0 Å². The minimum atomic E-state index is -0.452. The number of nitrogens with one attached hydrogen (secondary N) is 3. The van der Waals surface area contributed by atoms with Crippen molar-refractivity contribution in [2.24, 2.45) is 5.73 Å². The number of hydrogen-bond donors (Lipinski definition) is 4. The van der Waals surface area contributed by atoms with Gasteiger partial charge in [0.15, 0.2) is 0 Å². The quantitative estimate of drug-likeness (QED) is 0.665. The highest BCUT2D eigenvalue weighted by molar-refractivity contribution is 5.93. The second-order valence-electron chi connectivity index (χ2n) is 4.99. The minimum absolute atomic E-state index is 0.0381. The third kappa shape index (κ3) is 3.71. The average Bonchev–Trinajstić information content (AvgIpc) is 2.42. The van der Waals surface area contributed by atoms with Gasteiger partial charge in [0.2, 0.25) is 5.91 Å². The second kappa shape index (κ2) is 6.38. The zero-order valence-corrected chi connectivity index (χ0v) is 11.5. The first-order chi connectivity index (χ1) is 9.56. The summed E-state index contributed by atoms with van der Waals surface area (Å²) in [5.41, 5.74) is 7.43. The molecule has 0 spiro atoms. The molecule has 20 heavy (non-hydrogen) atoms. The van der Waals surface area contributed by atoms with Crippen LogP contribution in [0.15, 0.2) is 24.3 Å². The number of carbonyl (C=O) groups is 2. The molecular formula is C14H20N4O2. The van der Waals surface area contributed by atoms with Crippen LogP contribution < -0.4 is 21.7 Å². The maximum Gasteiger partial charge on any atom is 0.319 e. The van der Waals surface area contributed by atoms with E-state index in [4.69, 9.17) is 5.73 Å². The van der Waals surface area contributed by atoms with Crippen LogP contribution in [0.1, 0.15) is 31.4 Å². The summed E-state index contributed by atoms with van der Waals surface area (Å²) in [5, 5.41) is 8.10. The summed E-state index contributed by atoms with van der Waals surface area (Å²) in [4.78, 5) is 23.4. The average molecular weight is 276 g/mol. The predicted molar refractivity (Wildman–Crippen MR) is 77.2 cm³/mol. The molecule has 2 rings (SSSR count). The number of carbonyl (C=O) groups excluding carboxylic acids is 2. The molecule has 1 heterocycles. The number of piperidine rings is 1. The number of rotatable bonds is 3. The van der Waals surface area contributed by atoms with Crippen LogP contribution >= 0.6 is 0 Å². The van der Waals surface area contributed by atoms with Gasteiger partial charge in [-0.1, -0.05) is 12.1 Å². The number of hydrogen-bond acceptors (Lipinski definition) is 3. The van der Waals surface area contributed by atoms with Gasteiger partial charge in [0.05, 0.1) is 0 Å². The van der Waals surface area contributed by atoms with Crippen molar-refractivity contribution in [1.29, 1.82) is 0 Å². The first-order valence-electron chi connectivity index (χ1n) is 6.77. The Morgan fingerprint density at radius 1 is 1.40 bits per heavy atom. The highest BCUT2D eigenvalue weighted by Gasteiger charge is 2.23. The zero-order chi connectivity index (χ0) is 14.5. The van der Waals surface area contributed by atoms with Crippen molar-refractivity contribution in [3.63, 3.8) is 0 Å². The molecule has 0 bridgehead atoms. The fraction of sp³-hybridized carbons (Fsp3) is 0.429. The van der Waals surface area contributed by atoms with E-state index in [1.165, 1.54) is 0 Å². The molecule has 0 aliphatic carbocycles. The Balaban J connectivity index is 1.89. The van der Waals surface area contributed by atoms with Crippen LogP contribution in [0.2, 0.25) is 0 Å². The summed E-state index contributed by atoms with van der Waals surface area (Å²) in [6, 6.07) is 6.45. The number of benzene rings is 1. The Morgan fingerprint density at radius 3 is 2.70 bits per heavy atom. The first kappa shape index (κ1) is 14.3. The minimum Gasteiger partial charge on any atom is -0.354 e. The molecule has 1 aliphatic rings. The molecule has 1 aromatic carbocycles. The lowest BCUT2D eigenvalue weighted by Gasteiger charge is -2.22. The Hall–Kier alpha value is -2.08. The molecule has 6 nitrogen and oxygen atoms in total. The summed E-state index contributed by atoms with van der Waals surface area (Å²) >= 11 is 0. The number of urea groups is 1. The molecule has 1 aromatic rings. The van der Waals surface area contributed by atoms with Crippen molar-refractivity contribution in [3.05, 3.63) is 29.8 Å². The van der Waals surface area contributed by atoms with Crippen molar-refractivity contribution in [2.45, 2.75) is 31.8 Å². The molecule has 5 N–H and O–H groups in total. The highest BCUT2D eigenvalue weighted by atomic mass is 16.2. The monoisotopic (exact) mass is 276 g/mol. The van der Waals surface area contributed by atoms with Gasteiger partial charge in [-0.25, -0.2) is 4.79 Å². The standard InChI is InChI=1S/C14H20N4O2/c1-9(15)10-4-6-11(7-5-10)17-14(20)18-12-3-2-8-16-13(12)19/h4-7,9,12H,2-3,8,15H2,1H3,(H,16,19)(H2,17,18,20). The van der Waals surface area contributed by atoms with E-state index in [0.29, 0.717) is 18.7 Å². The van der Waals surface area contributed by atoms with Crippen LogP contribution in [0.25, 0.3) is 0 Å². The van der Waals surface area contributed by atoms with Gasteiger partial charge in [0.1, 0.15) is 6.04 Å². The fourth-order valence-corrected chi connectivity index (χ4v) is 2.11. The zero-order valence-electron chi connectivity index (χ0n) is 11.5. The molecule has 0 radical (unpaired) electrons. The second-order valence-corrected chi connectivity index (χ2v) is 4.99. The maximum atomic E-state index is 11.8. The van der Waals surface area contributed by atoms with E-state index >= 15 is 0 Å². The van der Waals surface area contributed by atoms with Crippen molar-refractivity contribution in [3.8, 4) is 0 Å². The molecule has 1 saturated heterocycles. The van der Waals surface area contributed by atoms with Gasteiger partial charge in [-0.2, -0.15) is 0 Å². The lowest BCUT2D eigenvalue weighted by molar-refractivity contribution is -0.124. The van der Waals surface area contributed by atoms with Gasteiger partial charge in [0, 0.05) is 18.3 Å². The van der Waals surface area contributed by atoms with E-state index in [1.54, 1.807) is 12.1 Å². The number of nitrogens with two attached hydrogens (primary N) is 1. The van der Waals surface area contributed by atoms with Crippen molar-refractivity contribution < 1.29 is 9.59 Å². The van der Waals surface area contributed by atoms with Crippen LogP contribution in [0.5, 0.6) is 0 Å². The number of amides is 3. The van der Waals surface area contributed by atoms with Crippen LogP contribution in [-0.4, -0.2) is 24.5 Å². The molecule has 1 fully saturated rings. The Morgan fingerprint density at radius 2 is 2.10 bits per heavy atom. The van der Waals surface area contributed by atoms with Gasteiger partial charge < -0.3 is 21.7 Å². The van der Waals surface area contributed by atoms with E-state index < -0.39 is 6.04 Å². The molecule has 108 valence electrons. The van der Waals surface area contributed by atoms with Crippen molar-refractivity contribution in [1.82, 2.24) is 10.6 Å². The van der Waals surface area contributed by atoms with Crippen LogP contribution in [0.4, 0.5) is 10.5 Å². The predicted octanol–water partition coefficient (Wildman–Crippen LogP) is 1.11. The molecular weight excluding hydrogens is 256 g/mol. The molecule has 0 saturated carbocycles. The van der Waals surface area contributed by atoms with Gasteiger partial charge in [-0.05, 0) is 37.5 Å². The van der Waals surface area contributed by atoms with E-state index in [9.17, 15) is 9.59 Å². The Labute approximate surface area is 118 Å². The fourth-order valence-electron chi connectivity index (χ4n) is 2.11. The summed E-state index contributed by atoms with van der Waals surface area (Å²) in [5.74, 6) is -0.126. The van der Waals surface area contributed by atoms with Crippen LogP contribution in [-0.2, 0) is 4.79 Å². The van der Waals surface area contributed by atoms with E-state index in [1.807, 2.05) is 19.1 Å². The summed E-state index contributed by atoms with van der Waals surface area (Å²) < 4.78 is 0. The molecule has 1 aliphatic heterocycles. The third-order valence-corrected chi connectivity index (χ3v) is 3.28. The third-order valence-electron chi connectivity index (χ3n) is 3.28. The Bertz CT molecular complexity index is 484. The molecule has 2 atom stereocenters. The van der Waals surface area contributed by atoms with Crippen LogP contribution in [0.3, 0.4) is 0 Å². The Kier molecular flexibility index (Phi) is 4.57. The summed E-state index contributed by atoms with van der Waals surface area (Å²) in [7, 11) is 0. The first-order valence-corrected chi connectivity index (χ1v) is 6.77. The molecule has 2 unspecified atom stereocenters. The maximum absolute atomic E-state index is 11.8. The lowest BCUT2D eigenvalue weighted by atomic mass is 10.1. The van der Waals surface area contributed by atoms with Crippen molar-refractivity contribution in [2.75, 3.05) is 11.9 Å². The normalized spacial score (nSPS) is 19.9. The van der Waals surface area contributed by atoms with E-state index in [2.05, 4.69) is 16.0 Å².